The van der Waals surface area contributed by atoms with Crippen molar-refractivity contribution in [3.8, 4) is 5.75 Å². The molecule has 0 bridgehead atoms. The van der Waals surface area contributed by atoms with Crippen molar-refractivity contribution in [3.63, 3.8) is 0 Å². The molecule has 0 aromatic heterocycles. The molecule has 8 heteroatoms. The predicted molar refractivity (Wildman–Crippen MR) is 113 cm³/mol. The maximum atomic E-state index is 12.3. The number of rotatable bonds is 7. The number of benzene rings is 1. The minimum absolute atomic E-state index is 0. The van der Waals surface area contributed by atoms with Crippen LogP contribution in [0.2, 0.25) is 5.02 Å². The number of halogens is 3. The molecule has 2 rings (SSSR count). The van der Waals surface area contributed by atoms with E-state index in [4.69, 9.17) is 22.1 Å². The fraction of sp³-hybridized carbons (Fsp3) is 0.611. The van der Waals surface area contributed by atoms with E-state index in [-0.39, 0.29) is 30.7 Å². The molecule has 0 unspecified atom stereocenters. The number of likely N-dealkylation sites (tertiary alicyclic amines) is 1. The highest BCUT2D eigenvalue weighted by molar-refractivity contribution is 6.33. The quantitative estimate of drug-likeness (QED) is 0.510. The van der Waals surface area contributed by atoms with Gasteiger partial charge in [0.1, 0.15) is 5.75 Å². The number of methoxy groups -OCH3 is 1. The smallest absolute Gasteiger partial charge is 0.255 e. The van der Waals surface area contributed by atoms with Crippen LogP contribution in [0, 0.1) is 5.92 Å². The van der Waals surface area contributed by atoms with Crippen LogP contribution in [0.4, 0.5) is 5.69 Å². The predicted octanol–water partition coefficient (Wildman–Crippen LogP) is 4.02. The Morgan fingerprint density at radius 2 is 1.96 bits per heavy atom. The molecule has 1 fully saturated rings. The lowest BCUT2D eigenvalue weighted by Crippen LogP contribution is -2.34. The van der Waals surface area contributed by atoms with Crippen molar-refractivity contribution in [1.29, 1.82) is 0 Å². The van der Waals surface area contributed by atoms with Crippen LogP contribution >= 0.6 is 36.4 Å². The topological polar surface area (TPSA) is 67.6 Å². The first-order valence-corrected chi connectivity index (χ1v) is 9.02. The molecule has 1 aliphatic rings. The highest BCUT2D eigenvalue weighted by Crippen LogP contribution is 2.28. The minimum atomic E-state index is -0.180. The number of nitrogens with zero attached hydrogens (tertiary/aromatic N) is 1. The number of anilines is 1. The van der Waals surface area contributed by atoms with E-state index >= 15 is 0 Å². The molecule has 0 spiro atoms. The summed E-state index contributed by atoms with van der Waals surface area (Å²) in [4.78, 5) is 14.8. The van der Waals surface area contributed by atoms with Gasteiger partial charge in [-0.2, -0.15) is 0 Å². The Bertz CT molecular complexity index is 565. The minimum Gasteiger partial charge on any atom is -0.496 e. The van der Waals surface area contributed by atoms with Gasteiger partial charge >= 0.3 is 0 Å². The zero-order chi connectivity index (χ0) is 17.5. The number of ether oxygens (including phenoxy) is 1. The fourth-order valence-electron chi connectivity index (χ4n) is 2.96. The highest BCUT2D eigenvalue weighted by atomic mass is 35.5. The number of nitrogen functional groups attached to an aromatic ring is 1. The van der Waals surface area contributed by atoms with Gasteiger partial charge in [0.25, 0.3) is 5.91 Å². The molecule has 5 nitrogen and oxygen atoms in total. The highest BCUT2D eigenvalue weighted by Gasteiger charge is 2.16. The van der Waals surface area contributed by atoms with Crippen LogP contribution in [-0.4, -0.2) is 44.1 Å². The van der Waals surface area contributed by atoms with Gasteiger partial charge in [0.2, 0.25) is 0 Å². The van der Waals surface area contributed by atoms with Crippen LogP contribution in [0.5, 0.6) is 5.75 Å². The molecule has 1 saturated heterocycles. The third-order valence-electron chi connectivity index (χ3n) is 4.63. The molecule has 0 aliphatic carbocycles. The average Bonchev–Trinajstić information content (AvgIpc) is 2.58. The van der Waals surface area contributed by atoms with Gasteiger partial charge in [0, 0.05) is 12.6 Å². The van der Waals surface area contributed by atoms with Gasteiger partial charge in [0.05, 0.1) is 23.4 Å². The van der Waals surface area contributed by atoms with E-state index in [1.54, 1.807) is 12.1 Å². The SMILES string of the molecule is COc1cc(N)c(Cl)cc1C(=O)NCCCCN1CCC(C)CC1.Cl.Cl. The van der Waals surface area contributed by atoms with Gasteiger partial charge in [-0.1, -0.05) is 18.5 Å². The largest absolute Gasteiger partial charge is 0.496 e. The van der Waals surface area contributed by atoms with Gasteiger partial charge in [0.15, 0.2) is 0 Å². The van der Waals surface area contributed by atoms with Gasteiger partial charge < -0.3 is 20.7 Å². The Morgan fingerprint density at radius 3 is 2.58 bits per heavy atom. The number of carbonyl (C=O) groups is 1. The molecule has 1 aromatic carbocycles. The summed E-state index contributed by atoms with van der Waals surface area (Å²) in [5.41, 5.74) is 6.56. The zero-order valence-electron chi connectivity index (χ0n) is 15.4. The molecule has 1 heterocycles. The molecule has 1 amide bonds. The first kappa shape index (κ1) is 25.1. The van der Waals surface area contributed by atoms with E-state index < -0.39 is 0 Å². The van der Waals surface area contributed by atoms with Gasteiger partial charge in [-0.15, -0.1) is 24.8 Å². The molecule has 3 N–H and O–H groups in total. The molecular weight excluding hydrogens is 397 g/mol. The fourth-order valence-corrected chi connectivity index (χ4v) is 3.12. The van der Waals surface area contributed by atoms with Crippen LogP contribution in [-0.2, 0) is 0 Å². The molecular formula is C18H30Cl3N3O2. The molecule has 1 aromatic rings. The van der Waals surface area contributed by atoms with E-state index in [9.17, 15) is 4.79 Å². The molecule has 0 radical (unpaired) electrons. The van der Waals surface area contributed by atoms with Gasteiger partial charge in [-0.05, 0) is 57.3 Å². The first-order valence-electron chi connectivity index (χ1n) is 8.64. The lowest BCUT2D eigenvalue weighted by atomic mass is 9.99. The number of piperidine rings is 1. The summed E-state index contributed by atoms with van der Waals surface area (Å²) in [5.74, 6) is 1.12. The Kier molecular flexibility index (Phi) is 12.1. The number of hydrogen-bond acceptors (Lipinski definition) is 4. The van der Waals surface area contributed by atoms with Crippen molar-refractivity contribution in [2.75, 3.05) is 39.0 Å². The van der Waals surface area contributed by atoms with Crippen LogP contribution in [0.1, 0.15) is 43.0 Å². The number of nitrogens with one attached hydrogen (secondary N) is 1. The third kappa shape index (κ3) is 7.39. The standard InChI is InChI=1S/C18H28ClN3O2.2ClH/c1-13-5-9-22(10-6-13)8-4-3-7-21-18(23)14-11-15(19)16(20)12-17(14)24-2;;/h11-13H,3-10,20H2,1-2H3,(H,21,23);2*1H. The molecule has 1 aliphatic heterocycles. The summed E-state index contributed by atoms with van der Waals surface area (Å²) in [6, 6.07) is 3.13. The number of hydrogen-bond donors (Lipinski definition) is 2. The number of amides is 1. The summed E-state index contributed by atoms with van der Waals surface area (Å²) >= 11 is 6.00. The van der Waals surface area contributed by atoms with Crippen molar-refractivity contribution in [1.82, 2.24) is 10.2 Å². The van der Waals surface area contributed by atoms with Crippen molar-refractivity contribution in [2.45, 2.75) is 32.6 Å². The lowest BCUT2D eigenvalue weighted by Gasteiger charge is -2.30. The van der Waals surface area contributed by atoms with E-state index in [1.165, 1.54) is 33.0 Å². The summed E-state index contributed by atoms with van der Waals surface area (Å²) in [7, 11) is 1.51. The van der Waals surface area contributed by atoms with Crippen LogP contribution in [0.15, 0.2) is 12.1 Å². The second kappa shape index (κ2) is 12.5. The van der Waals surface area contributed by atoms with Crippen molar-refractivity contribution < 1.29 is 9.53 Å². The van der Waals surface area contributed by atoms with Crippen molar-refractivity contribution >= 4 is 48.0 Å². The molecule has 0 saturated carbocycles. The normalized spacial score (nSPS) is 14.9. The van der Waals surface area contributed by atoms with E-state index in [0.717, 1.165) is 25.3 Å². The first-order chi connectivity index (χ1) is 11.5. The molecule has 26 heavy (non-hydrogen) atoms. The van der Waals surface area contributed by atoms with Crippen LogP contribution in [0.3, 0.4) is 0 Å². The summed E-state index contributed by atoms with van der Waals surface area (Å²) in [5, 5.41) is 3.29. The van der Waals surface area contributed by atoms with E-state index in [1.807, 2.05) is 0 Å². The Morgan fingerprint density at radius 1 is 1.31 bits per heavy atom. The van der Waals surface area contributed by atoms with E-state index in [0.29, 0.717) is 28.6 Å². The van der Waals surface area contributed by atoms with Crippen molar-refractivity contribution in [2.24, 2.45) is 5.92 Å². The Balaban J connectivity index is 0.00000312. The van der Waals surface area contributed by atoms with Gasteiger partial charge in [-0.3, -0.25) is 4.79 Å². The lowest BCUT2D eigenvalue weighted by molar-refractivity contribution is 0.0949. The summed E-state index contributed by atoms with van der Waals surface area (Å²) in [6.07, 6.45) is 4.65. The Labute approximate surface area is 173 Å². The Hall–Kier alpha value is -0.880. The second-order valence-electron chi connectivity index (χ2n) is 6.56. The maximum Gasteiger partial charge on any atom is 0.255 e. The number of nitrogens with two attached hydrogens (primary N) is 1. The van der Waals surface area contributed by atoms with E-state index in [2.05, 4.69) is 17.1 Å². The number of unbranched alkanes of at least 4 members (excludes halogenated alkanes) is 1. The van der Waals surface area contributed by atoms with Crippen LogP contribution in [0.25, 0.3) is 0 Å². The third-order valence-corrected chi connectivity index (χ3v) is 4.95. The summed E-state index contributed by atoms with van der Waals surface area (Å²) in [6.45, 7) is 6.49. The maximum absolute atomic E-state index is 12.3. The monoisotopic (exact) mass is 425 g/mol. The summed E-state index contributed by atoms with van der Waals surface area (Å²) < 4.78 is 5.21. The van der Waals surface area contributed by atoms with Gasteiger partial charge in [-0.25, -0.2) is 0 Å². The van der Waals surface area contributed by atoms with Crippen molar-refractivity contribution in [3.05, 3.63) is 22.7 Å². The molecule has 150 valence electrons. The number of carbonyl (C=O) groups excluding carboxylic acids is 1. The molecule has 0 atom stereocenters. The second-order valence-corrected chi connectivity index (χ2v) is 6.97. The van der Waals surface area contributed by atoms with Crippen LogP contribution < -0.4 is 15.8 Å². The zero-order valence-corrected chi connectivity index (χ0v) is 17.8. The average molecular weight is 427 g/mol.